The molecule has 3 aromatic rings. The van der Waals surface area contributed by atoms with Crippen LogP contribution in [0.3, 0.4) is 0 Å². The average Bonchev–Trinajstić information content (AvgIpc) is 3.11. The van der Waals surface area contributed by atoms with Crippen molar-refractivity contribution >= 4 is 28.0 Å². The Morgan fingerprint density at radius 3 is 2.70 bits per heavy atom. The van der Waals surface area contributed by atoms with E-state index in [2.05, 4.69) is 28.9 Å². The predicted molar refractivity (Wildman–Crippen MR) is 95.0 cm³/mol. The Labute approximate surface area is 139 Å². The monoisotopic (exact) mass is 325 g/mol. The van der Waals surface area contributed by atoms with Crippen LogP contribution in [-0.2, 0) is 17.8 Å². The van der Waals surface area contributed by atoms with Gasteiger partial charge in [-0.05, 0) is 63.3 Å². The minimum atomic E-state index is 0.0889. The van der Waals surface area contributed by atoms with Crippen LogP contribution in [0, 0.1) is 0 Å². The molecule has 0 aliphatic carbocycles. The van der Waals surface area contributed by atoms with Crippen molar-refractivity contribution in [1.29, 1.82) is 0 Å². The first-order chi connectivity index (χ1) is 11.2. The third kappa shape index (κ3) is 4.11. The van der Waals surface area contributed by atoms with Gasteiger partial charge in [0.25, 0.3) is 0 Å². The van der Waals surface area contributed by atoms with Crippen molar-refractivity contribution in [1.82, 2.24) is 5.32 Å². The maximum Gasteiger partial charge on any atom is 0.220 e. The summed E-state index contributed by atoms with van der Waals surface area (Å²) in [6, 6.07) is 14.3. The zero-order chi connectivity index (χ0) is 16.1. The first kappa shape index (κ1) is 15.6. The van der Waals surface area contributed by atoms with Gasteiger partial charge in [0.1, 0.15) is 5.75 Å². The summed E-state index contributed by atoms with van der Waals surface area (Å²) in [5.74, 6) is 0.943. The molecular weight excluding hydrogens is 306 g/mol. The van der Waals surface area contributed by atoms with Crippen LogP contribution >= 0.6 is 11.3 Å². The molecule has 0 aliphatic heterocycles. The Kier molecular flexibility index (Phi) is 4.93. The molecule has 0 atom stereocenters. The van der Waals surface area contributed by atoms with Gasteiger partial charge in [0.15, 0.2) is 0 Å². The Morgan fingerprint density at radius 1 is 1.09 bits per heavy atom. The fourth-order valence-corrected chi connectivity index (χ4v) is 3.20. The summed E-state index contributed by atoms with van der Waals surface area (Å²) in [6.07, 6.45) is 1.33. The number of carbonyl (C=O) groups excluding carboxylic acids is 1. The summed E-state index contributed by atoms with van der Waals surface area (Å²) in [7, 11) is 1.67. The molecule has 3 rings (SSSR count). The average molecular weight is 325 g/mol. The highest BCUT2D eigenvalue weighted by molar-refractivity contribution is 7.07. The number of nitrogens with one attached hydrogen (secondary N) is 1. The van der Waals surface area contributed by atoms with Crippen LogP contribution in [0.2, 0.25) is 0 Å². The van der Waals surface area contributed by atoms with Gasteiger partial charge in [-0.15, -0.1) is 0 Å². The van der Waals surface area contributed by atoms with E-state index in [1.165, 1.54) is 5.56 Å². The number of ether oxygens (including phenoxy) is 1. The first-order valence-corrected chi connectivity index (χ1v) is 8.53. The van der Waals surface area contributed by atoms with Crippen LogP contribution in [0.15, 0.2) is 53.2 Å². The van der Waals surface area contributed by atoms with Crippen molar-refractivity contribution in [3.63, 3.8) is 0 Å². The molecule has 3 nitrogen and oxygen atoms in total. The zero-order valence-corrected chi connectivity index (χ0v) is 13.9. The lowest BCUT2D eigenvalue weighted by Crippen LogP contribution is -2.22. The number of carbonyl (C=O) groups is 1. The van der Waals surface area contributed by atoms with Crippen LogP contribution in [0.25, 0.3) is 10.8 Å². The lowest BCUT2D eigenvalue weighted by molar-refractivity contribution is -0.121. The Bertz CT molecular complexity index is 796. The number of rotatable bonds is 6. The number of benzene rings is 2. The van der Waals surface area contributed by atoms with Gasteiger partial charge in [-0.3, -0.25) is 4.79 Å². The number of hydrogen-bond donors (Lipinski definition) is 1. The molecule has 0 aliphatic rings. The predicted octanol–water partition coefficient (Wildman–Crippen LogP) is 4.16. The third-order valence-electron chi connectivity index (χ3n) is 3.82. The smallest absolute Gasteiger partial charge is 0.220 e. The van der Waals surface area contributed by atoms with Gasteiger partial charge in [-0.1, -0.05) is 18.2 Å². The normalized spacial score (nSPS) is 10.7. The molecule has 1 N–H and O–H groups in total. The van der Waals surface area contributed by atoms with E-state index in [1.807, 2.05) is 29.6 Å². The zero-order valence-electron chi connectivity index (χ0n) is 13.0. The van der Waals surface area contributed by atoms with E-state index >= 15 is 0 Å². The van der Waals surface area contributed by atoms with Gasteiger partial charge >= 0.3 is 0 Å². The molecule has 0 unspecified atom stereocenters. The van der Waals surface area contributed by atoms with Crippen LogP contribution in [0.4, 0.5) is 0 Å². The van der Waals surface area contributed by atoms with Crippen molar-refractivity contribution in [3.05, 3.63) is 64.4 Å². The topological polar surface area (TPSA) is 38.3 Å². The van der Waals surface area contributed by atoms with Gasteiger partial charge in [-0.2, -0.15) is 11.3 Å². The third-order valence-corrected chi connectivity index (χ3v) is 4.55. The Hall–Kier alpha value is -2.33. The standard InChI is InChI=1S/C19H19NO2S/c1-22-18-6-5-16-10-15(2-4-17(16)11-18)12-20-19(21)7-3-14-8-9-23-13-14/h2,4-6,8-11,13H,3,7,12H2,1H3,(H,20,21). The highest BCUT2D eigenvalue weighted by atomic mass is 32.1. The number of thiophene rings is 1. The maximum atomic E-state index is 11.9. The molecule has 1 aromatic heterocycles. The van der Waals surface area contributed by atoms with E-state index < -0.39 is 0 Å². The molecule has 0 radical (unpaired) electrons. The lowest BCUT2D eigenvalue weighted by Gasteiger charge is -2.07. The van der Waals surface area contributed by atoms with Gasteiger partial charge in [-0.25, -0.2) is 0 Å². The summed E-state index contributed by atoms with van der Waals surface area (Å²) in [6.45, 7) is 0.560. The van der Waals surface area contributed by atoms with E-state index in [-0.39, 0.29) is 5.91 Å². The summed E-state index contributed by atoms with van der Waals surface area (Å²) in [5, 5.41) is 9.40. The molecule has 23 heavy (non-hydrogen) atoms. The number of amides is 1. The highest BCUT2D eigenvalue weighted by Crippen LogP contribution is 2.21. The summed E-state index contributed by atoms with van der Waals surface area (Å²) in [5.41, 5.74) is 2.33. The number of methoxy groups -OCH3 is 1. The molecule has 1 heterocycles. The quantitative estimate of drug-likeness (QED) is 0.739. The molecule has 0 saturated heterocycles. The fraction of sp³-hybridized carbons (Fsp3) is 0.211. The van der Waals surface area contributed by atoms with E-state index in [0.717, 1.165) is 28.5 Å². The maximum absolute atomic E-state index is 11.9. The Morgan fingerprint density at radius 2 is 1.91 bits per heavy atom. The number of aryl methyl sites for hydroxylation is 1. The van der Waals surface area contributed by atoms with Gasteiger partial charge in [0.2, 0.25) is 5.91 Å². The van der Waals surface area contributed by atoms with Crippen LogP contribution in [0.5, 0.6) is 5.75 Å². The summed E-state index contributed by atoms with van der Waals surface area (Å²) >= 11 is 1.66. The molecule has 0 spiro atoms. The summed E-state index contributed by atoms with van der Waals surface area (Å²) in [4.78, 5) is 11.9. The first-order valence-electron chi connectivity index (χ1n) is 7.59. The highest BCUT2D eigenvalue weighted by Gasteiger charge is 2.04. The second-order valence-electron chi connectivity index (χ2n) is 5.46. The SMILES string of the molecule is COc1ccc2cc(CNC(=O)CCc3ccsc3)ccc2c1. The number of hydrogen-bond acceptors (Lipinski definition) is 3. The van der Waals surface area contributed by atoms with Crippen LogP contribution < -0.4 is 10.1 Å². The second kappa shape index (κ2) is 7.29. The molecule has 0 fully saturated rings. The van der Waals surface area contributed by atoms with Crippen molar-refractivity contribution in [3.8, 4) is 5.75 Å². The molecule has 4 heteroatoms. The van der Waals surface area contributed by atoms with Crippen molar-refractivity contribution < 1.29 is 9.53 Å². The van der Waals surface area contributed by atoms with E-state index in [4.69, 9.17) is 4.74 Å². The molecule has 1 amide bonds. The van der Waals surface area contributed by atoms with E-state index in [1.54, 1.807) is 18.4 Å². The fourth-order valence-electron chi connectivity index (χ4n) is 2.49. The van der Waals surface area contributed by atoms with Gasteiger partial charge in [0, 0.05) is 13.0 Å². The van der Waals surface area contributed by atoms with Crippen molar-refractivity contribution in [2.45, 2.75) is 19.4 Å². The van der Waals surface area contributed by atoms with Crippen LogP contribution in [-0.4, -0.2) is 13.0 Å². The van der Waals surface area contributed by atoms with Gasteiger partial charge in [0.05, 0.1) is 7.11 Å². The molecule has 2 aromatic carbocycles. The van der Waals surface area contributed by atoms with Crippen molar-refractivity contribution in [2.24, 2.45) is 0 Å². The molecule has 0 saturated carbocycles. The van der Waals surface area contributed by atoms with Gasteiger partial charge < -0.3 is 10.1 Å². The molecule has 0 bridgehead atoms. The van der Waals surface area contributed by atoms with Crippen LogP contribution in [0.1, 0.15) is 17.5 Å². The minimum absolute atomic E-state index is 0.0889. The van der Waals surface area contributed by atoms with E-state index in [0.29, 0.717) is 13.0 Å². The molecule has 118 valence electrons. The van der Waals surface area contributed by atoms with E-state index in [9.17, 15) is 4.79 Å². The molecular formula is C19H19NO2S. The summed E-state index contributed by atoms with van der Waals surface area (Å²) < 4.78 is 5.23. The number of fused-ring (bicyclic) bond motifs is 1. The Balaban J connectivity index is 1.57. The largest absolute Gasteiger partial charge is 0.497 e. The minimum Gasteiger partial charge on any atom is -0.497 e. The lowest BCUT2D eigenvalue weighted by atomic mass is 10.1. The second-order valence-corrected chi connectivity index (χ2v) is 6.24. The van der Waals surface area contributed by atoms with Crippen molar-refractivity contribution in [2.75, 3.05) is 7.11 Å².